The molecule has 1 aromatic heterocycles. The largest absolute Gasteiger partial charge is 0.341 e. The first-order valence-electron chi connectivity index (χ1n) is 8.48. The van der Waals surface area contributed by atoms with Gasteiger partial charge in [0.1, 0.15) is 0 Å². The first kappa shape index (κ1) is 19.4. The van der Waals surface area contributed by atoms with Crippen LogP contribution in [0.25, 0.3) is 0 Å². The number of amides is 1. The van der Waals surface area contributed by atoms with Gasteiger partial charge in [-0.05, 0) is 37.5 Å². The maximum Gasteiger partial charge on any atom is 0.276 e. The number of sulfonamides is 1. The van der Waals surface area contributed by atoms with Gasteiger partial charge in [-0.3, -0.25) is 9.52 Å². The summed E-state index contributed by atoms with van der Waals surface area (Å²) < 4.78 is 25.1. The van der Waals surface area contributed by atoms with Gasteiger partial charge < -0.3 is 10.2 Å². The van der Waals surface area contributed by atoms with Crippen LogP contribution in [-0.2, 0) is 10.0 Å². The van der Waals surface area contributed by atoms with E-state index in [1.165, 1.54) is 18.7 Å². The number of hydrogen-bond donors (Lipinski definition) is 2. The minimum atomic E-state index is -3.41. The average Bonchev–Trinajstić information content (AvgIpc) is 2.61. The summed E-state index contributed by atoms with van der Waals surface area (Å²) in [6.07, 6.45) is 5.78. The van der Waals surface area contributed by atoms with Crippen LogP contribution < -0.4 is 14.9 Å². The highest BCUT2D eigenvalue weighted by Crippen LogP contribution is 2.22. The number of benzene rings is 1. The van der Waals surface area contributed by atoms with E-state index in [-0.39, 0.29) is 10.7 Å². The smallest absolute Gasteiger partial charge is 0.276 e. The number of halogens is 1. The van der Waals surface area contributed by atoms with E-state index in [1.807, 2.05) is 4.90 Å². The van der Waals surface area contributed by atoms with Crippen LogP contribution in [0.2, 0.25) is 5.02 Å². The number of carbonyl (C=O) groups excluding carboxylic acids is 1. The third kappa shape index (κ3) is 5.30. The van der Waals surface area contributed by atoms with E-state index >= 15 is 0 Å². The highest BCUT2D eigenvalue weighted by molar-refractivity contribution is 7.92. The molecule has 0 atom stereocenters. The molecule has 0 aliphatic carbocycles. The van der Waals surface area contributed by atoms with Gasteiger partial charge in [0.25, 0.3) is 5.91 Å². The Morgan fingerprint density at radius 1 is 1.19 bits per heavy atom. The van der Waals surface area contributed by atoms with Gasteiger partial charge in [0.15, 0.2) is 5.69 Å². The molecule has 2 heterocycles. The highest BCUT2D eigenvalue weighted by atomic mass is 35.5. The molecule has 1 aliphatic rings. The topological polar surface area (TPSA) is 104 Å². The Labute approximate surface area is 163 Å². The second kappa shape index (κ2) is 8.10. The third-order valence-electron chi connectivity index (χ3n) is 4.01. The van der Waals surface area contributed by atoms with Crippen molar-refractivity contribution in [3.8, 4) is 0 Å². The summed E-state index contributed by atoms with van der Waals surface area (Å²) in [5.74, 6) is -0.00564. The monoisotopic (exact) mass is 409 g/mol. The predicted octanol–water partition coefficient (Wildman–Crippen LogP) is 2.74. The molecule has 0 saturated carbocycles. The number of anilines is 3. The lowest BCUT2D eigenvalue weighted by molar-refractivity contribution is 0.102. The molecule has 1 fully saturated rings. The summed E-state index contributed by atoms with van der Waals surface area (Å²) in [4.78, 5) is 23.2. The van der Waals surface area contributed by atoms with E-state index in [2.05, 4.69) is 20.0 Å². The Morgan fingerprint density at radius 2 is 1.89 bits per heavy atom. The van der Waals surface area contributed by atoms with Gasteiger partial charge in [0.2, 0.25) is 16.0 Å². The van der Waals surface area contributed by atoms with Gasteiger partial charge in [0, 0.05) is 18.8 Å². The average molecular weight is 410 g/mol. The maximum absolute atomic E-state index is 12.6. The molecule has 2 aromatic rings. The first-order valence-corrected chi connectivity index (χ1v) is 10.8. The van der Waals surface area contributed by atoms with Crippen molar-refractivity contribution in [2.75, 3.05) is 34.3 Å². The molecule has 0 radical (unpaired) electrons. The molecular formula is C17H20ClN5O3S. The summed E-state index contributed by atoms with van der Waals surface area (Å²) in [6.45, 7) is 1.70. The summed E-state index contributed by atoms with van der Waals surface area (Å²) >= 11 is 6.12. The minimum Gasteiger partial charge on any atom is -0.341 e. The number of nitrogens with zero attached hydrogens (tertiary/aromatic N) is 3. The van der Waals surface area contributed by atoms with Crippen LogP contribution >= 0.6 is 11.6 Å². The SMILES string of the molecule is CS(=O)(=O)Nc1cccc(NC(=O)c2nc(N3CCCCC3)ncc2Cl)c1. The van der Waals surface area contributed by atoms with Gasteiger partial charge >= 0.3 is 0 Å². The molecule has 8 nitrogen and oxygen atoms in total. The Hall–Kier alpha value is -2.39. The van der Waals surface area contributed by atoms with Crippen molar-refractivity contribution in [2.45, 2.75) is 19.3 Å². The van der Waals surface area contributed by atoms with E-state index in [4.69, 9.17) is 11.6 Å². The number of rotatable bonds is 5. The summed E-state index contributed by atoms with van der Waals surface area (Å²) in [5.41, 5.74) is 0.842. The van der Waals surface area contributed by atoms with Crippen molar-refractivity contribution in [3.63, 3.8) is 0 Å². The Morgan fingerprint density at radius 3 is 2.59 bits per heavy atom. The van der Waals surface area contributed by atoms with E-state index < -0.39 is 15.9 Å². The van der Waals surface area contributed by atoms with Crippen molar-refractivity contribution >= 4 is 44.9 Å². The van der Waals surface area contributed by atoms with Gasteiger partial charge in [-0.25, -0.2) is 18.4 Å². The number of hydrogen-bond acceptors (Lipinski definition) is 6. The number of aromatic nitrogens is 2. The predicted molar refractivity (Wildman–Crippen MR) is 106 cm³/mol. The first-order chi connectivity index (χ1) is 12.8. The van der Waals surface area contributed by atoms with Crippen molar-refractivity contribution in [1.82, 2.24) is 9.97 Å². The molecule has 144 valence electrons. The summed E-state index contributed by atoms with van der Waals surface area (Å²) in [6, 6.07) is 6.37. The lowest BCUT2D eigenvalue weighted by Crippen LogP contribution is -2.31. The standard InChI is InChI=1S/C17H20ClN5O3S/c1-27(25,26)22-13-7-5-6-12(10-13)20-16(24)15-14(18)11-19-17(21-15)23-8-3-2-4-9-23/h5-7,10-11,22H,2-4,8-9H2,1H3,(H,20,24). The van der Waals surface area contributed by atoms with Crippen molar-refractivity contribution in [2.24, 2.45) is 0 Å². The molecule has 27 heavy (non-hydrogen) atoms. The highest BCUT2D eigenvalue weighted by Gasteiger charge is 2.19. The van der Waals surface area contributed by atoms with Crippen LogP contribution in [0.4, 0.5) is 17.3 Å². The van der Waals surface area contributed by atoms with Crippen LogP contribution in [0.5, 0.6) is 0 Å². The zero-order valence-electron chi connectivity index (χ0n) is 14.8. The van der Waals surface area contributed by atoms with Crippen molar-refractivity contribution in [1.29, 1.82) is 0 Å². The Kier molecular flexibility index (Phi) is 5.81. The fourth-order valence-corrected chi connectivity index (χ4v) is 3.56. The molecule has 10 heteroatoms. The number of piperidine rings is 1. The summed E-state index contributed by atoms with van der Waals surface area (Å²) in [7, 11) is -3.41. The van der Waals surface area contributed by atoms with Gasteiger partial charge in [-0.2, -0.15) is 0 Å². The van der Waals surface area contributed by atoms with Gasteiger partial charge in [0.05, 0.1) is 23.2 Å². The van der Waals surface area contributed by atoms with E-state index in [0.717, 1.165) is 32.2 Å². The van der Waals surface area contributed by atoms with Crippen LogP contribution in [0.1, 0.15) is 29.8 Å². The van der Waals surface area contributed by atoms with Crippen LogP contribution in [0.15, 0.2) is 30.5 Å². The molecule has 1 aliphatic heterocycles. The molecule has 1 aromatic carbocycles. The zero-order chi connectivity index (χ0) is 19.4. The fraction of sp³-hybridized carbons (Fsp3) is 0.353. The van der Waals surface area contributed by atoms with E-state index in [0.29, 0.717) is 17.3 Å². The van der Waals surface area contributed by atoms with E-state index in [1.54, 1.807) is 18.2 Å². The molecule has 1 amide bonds. The summed E-state index contributed by atoms with van der Waals surface area (Å²) in [5, 5.41) is 2.84. The Bertz CT molecular complexity index is 945. The molecule has 2 N–H and O–H groups in total. The fourth-order valence-electron chi connectivity index (χ4n) is 2.83. The van der Waals surface area contributed by atoms with Crippen LogP contribution in [0, 0.1) is 0 Å². The maximum atomic E-state index is 12.6. The van der Waals surface area contributed by atoms with Gasteiger partial charge in [-0.1, -0.05) is 17.7 Å². The molecule has 0 bridgehead atoms. The van der Waals surface area contributed by atoms with E-state index in [9.17, 15) is 13.2 Å². The second-order valence-electron chi connectivity index (χ2n) is 6.32. The van der Waals surface area contributed by atoms with Crippen molar-refractivity contribution < 1.29 is 13.2 Å². The second-order valence-corrected chi connectivity index (χ2v) is 8.48. The van der Waals surface area contributed by atoms with Crippen molar-refractivity contribution in [3.05, 3.63) is 41.2 Å². The lowest BCUT2D eigenvalue weighted by Gasteiger charge is -2.26. The number of carbonyl (C=O) groups is 1. The normalized spacial score (nSPS) is 14.7. The minimum absolute atomic E-state index is 0.0775. The molecule has 0 spiro atoms. The van der Waals surface area contributed by atoms with Gasteiger partial charge in [-0.15, -0.1) is 0 Å². The lowest BCUT2D eigenvalue weighted by atomic mass is 10.1. The molecule has 1 saturated heterocycles. The van der Waals surface area contributed by atoms with Crippen LogP contribution in [-0.4, -0.2) is 43.6 Å². The number of nitrogens with one attached hydrogen (secondary N) is 2. The third-order valence-corrected chi connectivity index (χ3v) is 4.89. The molecular weight excluding hydrogens is 390 g/mol. The molecule has 3 rings (SSSR count). The quantitative estimate of drug-likeness (QED) is 0.786. The van der Waals surface area contributed by atoms with Crippen LogP contribution in [0.3, 0.4) is 0 Å². The molecule has 0 unspecified atom stereocenters. The zero-order valence-corrected chi connectivity index (χ0v) is 16.3. The Balaban J connectivity index is 1.79.